The monoisotopic (exact) mass is 411 g/mol. The van der Waals surface area contributed by atoms with Crippen LogP contribution in [0, 0.1) is 5.82 Å². The summed E-state index contributed by atoms with van der Waals surface area (Å²) in [4.78, 5) is 19.0. The third-order valence-electron chi connectivity index (χ3n) is 5.62. The number of rotatable bonds is 4. The number of hydrogen-bond acceptors (Lipinski definition) is 6. The van der Waals surface area contributed by atoms with E-state index in [9.17, 15) is 9.50 Å². The highest BCUT2D eigenvalue weighted by Crippen LogP contribution is 2.55. The second kappa shape index (κ2) is 7.31. The van der Waals surface area contributed by atoms with E-state index in [1.54, 1.807) is 24.5 Å². The zero-order valence-corrected chi connectivity index (χ0v) is 16.3. The van der Waals surface area contributed by atoms with Crippen LogP contribution in [0.2, 0.25) is 5.02 Å². The second-order valence-electron chi connectivity index (χ2n) is 7.59. The summed E-state index contributed by atoms with van der Waals surface area (Å²) in [5.41, 5.74) is 2.52. The lowest BCUT2D eigenvalue weighted by atomic mass is 10.1. The zero-order valence-electron chi connectivity index (χ0n) is 15.5. The third kappa shape index (κ3) is 3.56. The van der Waals surface area contributed by atoms with Gasteiger partial charge in [0, 0.05) is 37.9 Å². The molecule has 3 aromatic rings. The van der Waals surface area contributed by atoms with Crippen LogP contribution in [0.3, 0.4) is 0 Å². The Balaban J connectivity index is 1.36. The molecule has 2 aromatic heterocycles. The predicted octanol–water partition coefficient (Wildman–Crippen LogP) is 3.57. The Kier molecular flexibility index (Phi) is 4.64. The van der Waals surface area contributed by atoms with Crippen molar-refractivity contribution in [3.05, 3.63) is 65.0 Å². The molecule has 1 saturated heterocycles. The molecule has 148 valence electrons. The molecular formula is C21H19ClFN5O. The van der Waals surface area contributed by atoms with Gasteiger partial charge in [0.1, 0.15) is 0 Å². The van der Waals surface area contributed by atoms with E-state index >= 15 is 0 Å². The number of hydrogen-bond donors (Lipinski definition) is 1. The number of β-amino-alcohol motifs (C(OH)–C–C–N with tert-alkyl or cyclic N) is 1. The minimum atomic E-state index is -0.422. The molecule has 1 aliphatic heterocycles. The van der Waals surface area contributed by atoms with Gasteiger partial charge in [0.2, 0.25) is 0 Å². The summed E-state index contributed by atoms with van der Waals surface area (Å²) >= 11 is 6.19. The molecule has 2 unspecified atom stereocenters. The van der Waals surface area contributed by atoms with Crippen LogP contribution in [-0.2, 0) is 0 Å². The van der Waals surface area contributed by atoms with E-state index in [0.29, 0.717) is 36.8 Å². The summed E-state index contributed by atoms with van der Waals surface area (Å²) < 4.78 is 14.6. The molecule has 2 aliphatic rings. The van der Waals surface area contributed by atoms with Gasteiger partial charge in [-0.15, -0.1) is 0 Å². The predicted molar refractivity (Wildman–Crippen MR) is 107 cm³/mol. The number of benzene rings is 1. The van der Waals surface area contributed by atoms with Crippen LogP contribution < -0.4 is 4.90 Å². The number of aliphatic hydroxyl groups excluding tert-OH is 1. The lowest BCUT2D eigenvalue weighted by Crippen LogP contribution is -2.22. The van der Waals surface area contributed by atoms with Gasteiger partial charge in [-0.3, -0.25) is 0 Å². The zero-order chi connectivity index (χ0) is 20.0. The molecule has 29 heavy (non-hydrogen) atoms. The lowest BCUT2D eigenvalue weighted by molar-refractivity contribution is 0.198. The van der Waals surface area contributed by atoms with Crippen LogP contribution in [0.5, 0.6) is 0 Å². The summed E-state index contributed by atoms with van der Waals surface area (Å²) in [7, 11) is 0. The van der Waals surface area contributed by atoms with E-state index in [1.807, 2.05) is 23.4 Å². The third-order valence-corrected chi connectivity index (χ3v) is 5.89. The van der Waals surface area contributed by atoms with Gasteiger partial charge in [-0.05, 0) is 54.0 Å². The van der Waals surface area contributed by atoms with Crippen LogP contribution in [0.25, 0.3) is 11.6 Å². The highest BCUT2D eigenvalue weighted by atomic mass is 35.5. The Morgan fingerprint density at radius 2 is 1.69 bits per heavy atom. The van der Waals surface area contributed by atoms with Gasteiger partial charge in [-0.2, -0.15) is 0 Å². The van der Waals surface area contributed by atoms with Crippen molar-refractivity contribution in [1.29, 1.82) is 0 Å². The topological polar surface area (TPSA) is 75.0 Å². The summed E-state index contributed by atoms with van der Waals surface area (Å²) in [6.07, 6.45) is 8.10. The summed E-state index contributed by atoms with van der Waals surface area (Å²) in [5, 5.41) is 9.91. The largest absolute Gasteiger partial charge is 0.391 e. The fraction of sp³-hybridized carbons (Fsp3) is 0.333. The van der Waals surface area contributed by atoms with Gasteiger partial charge < -0.3 is 10.0 Å². The SMILES string of the molecule is O[C@H]1CCN(c2cc(C3CC3c3cnc(-c4ncccn4)nc3)cc(Cl)c2F)C1. The fourth-order valence-corrected chi connectivity index (χ4v) is 4.21. The van der Waals surface area contributed by atoms with E-state index in [2.05, 4.69) is 19.9 Å². The van der Waals surface area contributed by atoms with Crippen LogP contribution in [-0.4, -0.2) is 44.2 Å². The second-order valence-corrected chi connectivity index (χ2v) is 7.99. The normalized spacial score (nSPS) is 23.4. The first kappa shape index (κ1) is 18.4. The van der Waals surface area contributed by atoms with Gasteiger partial charge in [-0.1, -0.05) is 11.6 Å². The molecule has 0 radical (unpaired) electrons. The van der Waals surface area contributed by atoms with Crippen molar-refractivity contribution >= 4 is 17.3 Å². The Morgan fingerprint density at radius 3 is 2.38 bits per heavy atom. The molecule has 3 heterocycles. The molecule has 2 fully saturated rings. The number of aromatic nitrogens is 4. The minimum absolute atomic E-state index is 0.123. The molecule has 6 nitrogen and oxygen atoms in total. The summed E-state index contributed by atoms with van der Waals surface area (Å²) in [6.45, 7) is 1.06. The quantitative estimate of drug-likeness (QED) is 0.707. The molecule has 1 saturated carbocycles. The number of halogens is 2. The standard InChI is InChI=1S/C21H19ClFN5O/c22-17-6-12(7-18(19(17)23)28-5-2-14(29)11-28)15-8-16(15)13-9-26-21(27-10-13)20-24-3-1-4-25-20/h1,3-4,6-7,9-10,14-16,29H,2,5,8,11H2/t14-,15?,16?/m0/s1. The highest BCUT2D eigenvalue weighted by Gasteiger charge is 2.41. The average Bonchev–Trinajstić information content (AvgIpc) is 3.44. The Bertz CT molecular complexity index is 1030. The molecule has 1 aliphatic carbocycles. The lowest BCUT2D eigenvalue weighted by Gasteiger charge is -2.20. The van der Waals surface area contributed by atoms with E-state index in [4.69, 9.17) is 11.6 Å². The van der Waals surface area contributed by atoms with Crippen molar-refractivity contribution in [3.8, 4) is 11.6 Å². The van der Waals surface area contributed by atoms with Crippen molar-refractivity contribution in [2.45, 2.75) is 30.8 Å². The maximum atomic E-state index is 14.6. The van der Waals surface area contributed by atoms with Gasteiger partial charge in [0.15, 0.2) is 17.5 Å². The van der Waals surface area contributed by atoms with E-state index < -0.39 is 11.9 Å². The fourth-order valence-electron chi connectivity index (χ4n) is 3.99. The van der Waals surface area contributed by atoms with Crippen LogP contribution >= 0.6 is 11.6 Å². The van der Waals surface area contributed by atoms with Gasteiger partial charge in [0.25, 0.3) is 0 Å². The van der Waals surface area contributed by atoms with Crippen molar-refractivity contribution in [1.82, 2.24) is 19.9 Å². The van der Waals surface area contributed by atoms with E-state index in [0.717, 1.165) is 17.5 Å². The first-order chi connectivity index (χ1) is 14.1. The number of anilines is 1. The van der Waals surface area contributed by atoms with Gasteiger partial charge in [-0.25, -0.2) is 24.3 Å². The Labute approximate surface area is 172 Å². The molecular weight excluding hydrogens is 393 g/mol. The molecule has 0 spiro atoms. The van der Waals surface area contributed by atoms with Gasteiger partial charge in [0.05, 0.1) is 16.8 Å². The minimum Gasteiger partial charge on any atom is -0.391 e. The van der Waals surface area contributed by atoms with Gasteiger partial charge >= 0.3 is 0 Å². The maximum Gasteiger partial charge on any atom is 0.197 e. The maximum absolute atomic E-state index is 14.6. The Morgan fingerprint density at radius 1 is 1.00 bits per heavy atom. The summed E-state index contributed by atoms with van der Waals surface area (Å²) in [6, 6.07) is 5.33. The number of nitrogens with zero attached hydrogens (tertiary/aromatic N) is 5. The van der Waals surface area contributed by atoms with Crippen LogP contribution in [0.1, 0.15) is 35.8 Å². The van der Waals surface area contributed by atoms with Crippen molar-refractivity contribution in [3.63, 3.8) is 0 Å². The average molecular weight is 412 g/mol. The first-order valence-corrected chi connectivity index (χ1v) is 9.99. The molecule has 1 N–H and O–H groups in total. The molecule has 0 amide bonds. The Hall–Kier alpha value is -2.64. The van der Waals surface area contributed by atoms with Crippen molar-refractivity contribution < 1.29 is 9.50 Å². The van der Waals surface area contributed by atoms with Crippen molar-refractivity contribution in [2.75, 3.05) is 18.0 Å². The highest BCUT2D eigenvalue weighted by molar-refractivity contribution is 6.31. The molecule has 0 bridgehead atoms. The van der Waals surface area contributed by atoms with Crippen LogP contribution in [0.4, 0.5) is 10.1 Å². The molecule has 3 atom stereocenters. The molecule has 5 rings (SSSR count). The number of aliphatic hydroxyl groups is 1. The van der Waals surface area contributed by atoms with E-state index in [-0.39, 0.29) is 16.9 Å². The van der Waals surface area contributed by atoms with E-state index in [1.165, 1.54) is 0 Å². The smallest absolute Gasteiger partial charge is 0.197 e. The van der Waals surface area contributed by atoms with Crippen LogP contribution in [0.15, 0.2) is 43.0 Å². The molecule has 8 heteroatoms. The summed E-state index contributed by atoms with van der Waals surface area (Å²) in [5.74, 6) is 1.10. The van der Waals surface area contributed by atoms with Crippen molar-refractivity contribution in [2.24, 2.45) is 0 Å². The first-order valence-electron chi connectivity index (χ1n) is 9.61. The molecule has 1 aromatic carbocycles.